The molecule has 158 valence electrons. The van der Waals surface area contributed by atoms with Crippen LogP contribution in [-0.2, 0) is 0 Å². The fraction of sp³-hybridized carbons (Fsp3) is 0. The van der Waals surface area contributed by atoms with Crippen LogP contribution in [0.4, 0.5) is 10.1 Å². The Kier molecular flexibility index (Phi) is 8.26. The van der Waals surface area contributed by atoms with Crippen molar-refractivity contribution in [1.82, 2.24) is 0 Å². The summed E-state index contributed by atoms with van der Waals surface area (Å²) in [6.07, 6.45) is 0. The summed E-state index contributed by atoms with van der Waals surface area (Å²) in [6.45, 7) is 0. The fourth-order valence-electron chi connectivity index (χ4n) is 2.72. The number of hydrogen-bond acceptors (Lipinski definition) is 4. The topological polar surface area (TPSA) is 12.4 Å². The summed E-state index contributed by atoms with van der Waals surface area (Å²) in [4.78, 5) is 9.25. The highest BCUT2D eigenvalue weighted by Crippen LogP contribution is 2.37. The van der Waals surface area contributed by atoms with Gasteiger partial charge in [-0.1, -0.05) is 89.9 Å². The van der Waals surface area contributed by atoms with Gasteiger partial charge in [-0.2, -0.15) is 0 Å². The van der Waals surface area contributed by atoms with Gasteiger partial charge in [-0.3, -0.25) is 0 Å². The second-order valence-electron chi connectivity index (χ2n) is 6.64. The van der Waals surface area contributed by atoms with Crippen LogP contribution >= 0.6 is 35.3 Å². The van der Waals surface area contributed by atoms with Crippen molar-refractivity contribution in [2.75, 3.05) is 0 Å². The number of nitrogens with zero attached hydrogens (tertiary/aromatic N) is 1. The highest BCUT2D eigenvalue weighted by molar-refractivity contribution is 8.18. The number of rotatable bonds is 7. The molecule has 0 N–H and O–H groups in total. The molecule has 4 rings (SSSR count). The van der Waals surface area contributed by atoms with Crippen molar-refractivity contribution >= 4 is 46.0 Å². The lowest BCUT2D eigenvalue weighted by atomic mass is 10.3. The summed E-state index contributed by atoms with van der Waals surface area (Å²) in [5.41, 5.74) is 0.900. The van der Waals surface area contributed by atoms with Gasteiger partial charge < -0.3 is 0 Å². The van der Waals surface area contributed by atoms with Crippen LogP contribution in [0, 0.1) is 5.82 Å². The van der Waals surface area contributed by atoms with Crippen LogP contribution in [0.2, 0.25) is 0 Å². The highest BCUT2D eigenvalue weighted by Gasteiger charge is 2.13. The maximum atomic E-state index is 13.3. The van der Waals surface area contributed by atoms with E-state index in [2.05, 4.69) is 29.7 Å². The zero-order valence-corrected chi connectivity index (χ0v) is 19.5. The Morgan fingerprint density at radius 2 is 1.12 bits per heavy atom. The molecule has 0 saturated carbocycles. The maximum Gasteiger partial charge on any atom is 0.123 e. The molecule has 0 aromatic heterocycles. The molecule has 0 atom stereocenters. The van der Waals surface area contributed by atoms with Crippen LogP contribution < -0.4 is 0 Å². The minimum absolute atomic E-state index is 0.233. The molecule has 0 fully saturated rings. The first-order valence-electron chi connectivity index (χ1n) is 9.98. The van der Waals surface area contributed by atoms with E-state index >= 15 is 0 Å². The molecule has 5 heteroatoms. The summed E-state index contributed by atoms with van der Waals surface area (Å²) < 4.78 is 13.3. The number of hydrogen-bond donors (Lipinski definition) is 0. The maximum absolute atomic E-state index is 13.3. The Hall–Kier alpha value is -2.73. The van der Waals surface area contributed by atoms with Gasteiger partial charge in [0.25, 0.3) is 0 Å². The normalized spacial score (nSPS) is 12.0. The van der Waals surface area contributed by atoms with E-state index in [-0.39, 0.29) is 5.82 Å². The molecule has 0 aliphatic carbocycles. The summed E-state index contributed by atoms with van der Waals surface area (Å²) in [7, 11) is 0. The Balaban J connectivity index is 1.72. The van der Waals surface area contributed by atoms with E-state index in [1.165, 1.54) is 12.1 Å². The van der Waals surface area contributed by atoms with E-state index < -0.39 is 0 Å². The first-order chi connectivity index (χ1) is 15.8. The minimum Gasteiger partial charge on any atom is -0.241 e. The molecule has 0 heterocycles. The Labute approximate surface area is 200 Å². The first-order valence-corrected chi connectivity index (χ1v) is 12.5. The van der Waals surface area contributed by atoms with Gasteiger partial charge in [0.1, 0.15) is 10.9 Å². The number of thioether (sulfide) groups is 3. The molecular formula is C27H20FNS3. The van der Waals surface area contributed by atoms with Crippen molar-refractivity contribution in [3.8, 4) is 0 Å². The predicted octanol–water partition coefficient (Wildman–Crippen LogP) is 9.07. The molecule has 0 amide bonds. The average molecular weight is 474 g/mol. The van der Waals surface area contributed by atoms with Crippen LogP contribution in [0.3, 0.4) is 0 Å². The van der Waals surface area contributed by atoms with Gasteiger partial charge in [-0.25, -0.2) is 9.38 Å². The number of benzene rings is 4. The van der Waals surface area contributed by atoms with Crippen LogP contribution in [0.25, 0.3) is 0 Å². The van der Waals surface area contributed by atoms with Crippen LogP contribution in [0.1, 0.15) is 0 Å². The molecule has 0 bridgehead atoms. The van der Waals surface area contributed by atoms with Gasteiger partial charge in [0.15, 0.2) is 0 Å². The Bertz CT molecular complexity index is 1180. The zero-order chi connectivity index (χ0) is 22.0. The zero-order valence-electron chi connectivity index (χ0n) is 17.1. The third-order valence-corrected chi connectivity index (χ3v) is 7.47. The monoisotopic (exact) mass is 473 g/mol. The molecule has 1 nitrogen and oxygen atoms in total. The molecule has 0 aliphatic heterocycles. The second kappa shape index (κ2) is 11.8. The van der Waals surface area contributed by atoms with Crippen LogP contribution in [0.5, 0.6) is 0 Å². The van der Waals surface area contributed by atoms with E-state index in [4.69, 9.17) is 4.99 Å². The summed E-state index contributed by atoms with van der Waals surface area (Å²) in [6, 6.07) is 37.0. The van der Waals surface area contributed by atoms with Crippen molar-refractivity contribution in [2.45, 2.75) is 14.7 Å². The summed E-state index contributed by atoms with van der Waals surface area (Å²) in [5, 5.41) is 3.01. The van der Waals surface area contributed by atoms with Gasteiger partial charge in [-0.05, 0) is 66.1 Å². The lowest BCUT2D eigenvalue weighted by Crippen LogP contribution is -1.95. The van der Waals surface area contributed by atoms with Crippen molar-refractivity contribution in [2.24, 2.45) is 4.99 Å². The minimum atomic E-state index is -0.233. The van der Waals surface area contributed by atoms with Crippen molar-refractivity contribution in [3.63, 3.8) is 0 Å². The average Bonchev–Trinajstić information content (AvgIpc) is 2.84. The van der Waals surface area contributed by atoms with Gasteiger partial charge in [0, 0.05) is 14.7 Å². The molecule has 4 aromatic carbocycles. The third-order valence-electron chi connectivity index (χ3n) is 4.24. The molecule has 0 radical (unpaired) electrons. The Morgan fingerprint density at radius 1 is 0.594 bits per heavy atom. The quantitative estimate of drug-likeness (QED) is 0.151. The van der Waals surface area contributed by atoms with E-state index in [1.54, 1.807) is 47.4 Å². The van der Waals surface area contributed by atoms with Gasteiger partial charge in [0.05, 0.1) is 10.6 Å². The van der Waals surface area contributed by atoms with E-state index in [1.807, 2.05) is 66.7 Å². The van der Waals surface area contributed by atoms with Gasteiger partial charge in [0.2, 0.25) is 0 Å². The Morgan fingerprint density at radius 3 is 1.72 bits per heavy atom. The molecule has 0 aliphatic rings. The number of para-hydroxylation sites is 1. The van der Waals surface area contributed by atoms with Crippen molar-refractivity contribution in [3.05, 3.63) is 131 Å². The third kappa shape index (κ3) is 6.89. The SMILES string of the molecule is Fc1ccc(SC=C(Sc2ccccc2)C(=Nc2ccccc2)Sc2ccccc2)cc1. The molecule has 0 unspecified atom stereocenters. The largest absolute Gasteiger partial charge is 0.241 e. The lowest BCUT2D eigenvalue weighted by molar-refractivity contribution is 0.626. The molecular weight excluding hydrogens is 454 g/mol. The highest BCUT2D eigenvalue weighted by atomic mass is 32.2. The lowest BCUT2D eigenvalue weighted by Gasteiger charge is -2.12. The number of halogens is 1. The smallest absolute Gasteiger partial charge is 0.123 e. The van der Waals surface area contributed by atoms with Crippen molar-refractivity contribution < 1.29 is 4.39 Å². The predicted molar refractivity (Wildman–Crippen MR) is 138 cm³/mol. The standard InChI is InChI=1S/C27H20FNS3/c28-21-16-18-23(19-17-21)30-20-26(31-24-12-6-2-7-13-24)27(29-22-10-4-1-5-11-22)32-25-14-8-3-9-15-25/h1-20H. The molecule has 0 saturated heterocycles. The summed E-state index contributed by atoms with van der Waals surface area (Å²) >= 11 is 4.87. The molecule has 0 spiro atoms. The van der Waals surface area contributed by atoms with Crippen LogP contribution in [-0.4, -0.2) is 5.04 Å². The summed E-state index contributed by atoms with van der Waals surface area (Å²) in [5.74, 6) is -0.233. The van der Waals surface area contributed by atoms with Crippen LogP contribution in [0.15, 0.2) is 145 Å². The van der Waals surface area contributed by atoms with Crippen molar-refractivity contribution in [1.29, 1.82) is 0 Å². The van der Waals surface area contributed by atoms with Gasteiger partial charge >= 0.3 is 0 Å². The van der Waals surface area contributed by atoms with E-state index in [0.717, 1.165) is 30.3 Å². The second-order valence-corrected chi connectivity index (χ2v) is 9.76. The molecule has 32 heavy (non-hydrogen) atoms. The fourth-order valence-corrected chi connectivity index (χ4v) is 5.53. The van der Waals surface area contributed by atoms with E-state index in [0.29, 0.717) is 0 Å². The number of aliphatic imine (C=N–C) groups is 1. The molecule has 4 aromatic rings. The van der Waals surface area contributed by atoms with E-state index in [9.17, 15) is 4.39 Å². The first kappa shape index (κ1) is 22.5. The van der Waals surface area contributed by atoms with Gasteiger partial charge in [-0.15, -0.1) is 0 Å².